The predicted molar refractivity (Wildman–Crippen MR) is 102 cm³/mol. The van der Waals surface area contributed by atoms with Gasteiger partial charge < -0.3 is 24.3 Å². The van der Waals surface area contributed by atoms with E-state index in [4.69, 9.17) is 18.9 Å². The van der Waals surface area contributed by atoms with Crippen LogP contribution < -0.4 is 19.5 Å². The third kappa shape index (κ3) is 4.94. The van der Waals surface area contributed by atoms with E-state index in [9.17, 15) is 9.59 Å². The first-order chi connectivity index (χ1) is 13.4. The number of carbonyl (C=O) groups is 2. The van der Waals surface area contributed by atoms with E-state index in [0.29, 0.717) is 22.8 Å². The summed E-state index contributed by atoms with van der Waals surface area (Å²) in [6.07, 6.45) is 0.0493. The summed E-state index contributed by atoms with van der Waals surface area (Å²) in [7, 11) is 0. The van der Waals surface area contributed by atoms with Crippen molar-refractivity contribution in [1.82, 2.24) is 5.32 Å². The van der Waals surface area contributed by atoms with Gasteiger partial charge in [-0.15, -0.1) is 0 Å². The number of nitrogens with one attached hydrogen (secondary N) is 1. The largest absolute Gasteiger partial charge is 0.491 e. The van der Waals surface area contributed by atoms with Gasteiger partial charge in [-0.25, -0.2) is 4.79 Å². The van der Waals surface area contributed by atoms with Crippen LogP contribution in [-0.4, -0.2) is 31.4 Å². The molecule has 0 aliphatic carbocycles. The standard InChI is InChI=1S/C21H23NO6/c1-13(2)28-17-7-4-15(5-8-17)21(24)25-11-20(23)22-14(3)16-6-9-18-19(10-16)27-12-26-18/h4-10,13-14H,11-12H2,1-3H3,(H,22,23). The van der Waals surface area contributed by atoms with E-state index in [2.05, 4.69) is 5.32 Å². The molecule has 0 bridgehead atoms. The molecule has 1 unspecified atom stereocenters. The van der Waals surface area contributed by atoms with Crippen LogP contribution in [0.25, 0.3) is 0 Å². The monoisotopic (exact) mass is 385 g/mol. The lowest BCUT2D eigenvalue weighted by Crippen LogP contribution is -2.31. The Kier molecular flexibility index (Phi) is 6.03. The Hall–Kier alpha value is -3.22. The van der Waals surface area contributed by atoms with Crippen molar-refractivity contribution >= 4 is 11.9 Å². The van der Waals surface area contributed by atoms with Crippen molar-refractivity contribution < 1.29 is 28.5 Å². The van der Waals surface area contributed by atoms with Gasteiger partial charge in [-0.2, -0.15) is 0 Å². The van der Waals surface area contributed by atoms with Gasteiger partial charge in [0, 0.05) is 0 Å². The lowest BCUT2D eigenvalue weighted by Gasteiger charge is -2.15. The minimum absolute atomic E-state index is 0.0493. The van der Waals surface area contributed by atoms with E-state index in [0.717, 1.165) is 5.56 Å². The van der Waals surface area contributed by atoms with Gasteiger partial charge in [0.1, 0.15) is 5.75 Å². The predicted octanol–water partition coefficient (Wildman–Crippen LogP) is 3.24. The topological polar surface area (TPSA) is 83.1 Å². The summed E-state index contributed by atoms with van der Waals surface area (Å²) in [5, 5.41) is 2.79. The molecule has 0 aromatic heterocycles. The van der Waals surface area contributed by atoms with Crippen LogP contribution in [0.3, 0.4) is 0 Å². The van der Waals surface area contributed by atoms with Crippen LogP contribution in [0, 0.1) is 0 Å². The number of hydrogen-bond donors (Lipinski definition) is 1. The molecule has 1 atom stereocenters. The first-order valence-corrected chi connectivity index (χ1v) is 9.05. The van der Waals surface area contributed by atoms with Crippen molar-refractivity contribution in [1.29, 1.82) is 0 Å². The molecule has 0 saturated heterocycles. The average molecular weight is 385 g/mol. The fraction of sp³-hybridized carbons (Fsp3) is 0.333. The summed E-state index contributed by atoms with van der Waals surface area (Å²) < 4.78 is 21.2. The van der Waals surface area contributed by atoms with Crippen LogP contribution in [0.1, 0.15) is 42.7 Å². The number of fused-ring (bicyclic) bond motifs is 1. The van der Waals surface area contributed by atoms with Gasteiger partial charge in [0.15, 0.2) is 18.1 Å². The minimum Gasteiger partial charge on any atom is -0.491 e. The second-order valence-corrected chi connectivity index (χ2v) is 6.67. The molecule has 148 valence electrons. The molecule has 7 nitrogen and oxygen atoms in total. The lowest BCUT2D eigenvalue weighted by atomic mass is 10.1. The van der Waals surface area contributed by atoms with Gasteiger partial charge in [-0.05, 0) is 62.7 Å². The number of ether oxygens (including phenoxy) is 4. The molecule has 0 fully saturated rings. The van der Waals surface area contributed by atoms with Crippen LogP contribution in [0.15, 0.2) is 42.5 Å². The van der Waals surface area contributed by atoms with E-state index in [1.165, 1.54) is 0 Å². The van der Waals surface area contributed by atoms with E-state index < -0.39 is 11.9 Å². The highest BCUT2D eigenvalue weighted by Gasteiger charge is 2.17. The third-order valence-corrected chi connectivity index (χ3v) is 4.07. The van der Waals surface area contributed by atoms with E-state index in [1.807, 2.05) is 32.9 Å². The summed E-state index contributed by atoms with van der Waals surface area (Å²) in [5.41, 5.74) is 1.22. The quantitative estimate of drug-likeness (QED) is 0.737. The van der Waals surface area contributed by atoms with E-state index >= 15 is 0 Å². The van der Waals surface area contributed by atoms with Crippen LogP contribution in [0.4, 0.5) is 0 Å². The van der Waals surface area contributed by atoms with Crippen molar-refractivity contribution in [3.8, 4) is 17.2 Å². The molecule has 0 spiro atoms. The molecule has 1 aliphatic heterocycles. The molecule has 3 rings (SSSR count). The summed E-state index contributed by atoms with van der Waals surface area (Å²) in [6.45, 7) is 5.51. The van der Waals surface area contributed by atoms with Crippen molar-refractivity contribution in [3.05, 3.63) is 53.6 Å². The van der Waals surface area contributed by atoms with Gasteiger partial charge in [0.2, 0.25) is 6.79 Å². The number of benzene rings is 2. The van der Waals surface area contributed by atoms with Gasteiger partial charge in [-0.3, -0.25) is 4.79 Å². The van der Waals surface area contributed by atoms with Gasteiger partial charge >= 0.3 is 5.97 Å². The number of esters is 1. The summed E-state index contributed by atoms with van der Waals surface area (Å²) in [4.78, 5) is 24.2. The Morgan fingerprint density at radius 2 is 1.75 bits per heavy atom. The maximum absolute atomic E-state index is 12.1. The summed E-state index contributed by atoms with van der Waals surface area (Å²) in [5.74, 6) is 1.04. The Bertz CT molecular complexity index is 846. The SMILES string of the molecule is CC(C)Oc1ccc(C(=O)OCC(=O)NC(C)c2ccc3c(c2)OCO3)cc1. The molecule has 1 aliphatic rings. The summed E-state index contributed by atoms with van der Waals surface area (Å²) in [6, 6.07) is 11.8. The highest BCUT2D eigenvalue weighted by atomic mass is 16.7. The summed E-state index contributed by atoms with van der Waals surface area (Å²) >= 11 is 0. The fourth-order valence-electron chi connectivity index (χ4n) is 2.71. The number of rotatable bonds is 7. The zero-order valence-electron chi connectivity index (χ0n) is 16.1. The molecule has 2 aromatic carbocycles. The first-order valence-electron chi connectivity index (χ1n) is 9.05. The third-order valence-electron chi connectivity index (χ3n) is 4.07. The molecular formula is C21H23NO6. The average Bonchev–Trinajstić information content (AvgIpc) is 3.14. The Morgan fingerprint density at radius 3 is 2.46 bits per heavy atom. The zero-order valence-corrected chi connectivity index (χ0v) is 16.1. The van der Waals surface area contributed by atoms with E-state index in [-0.39, 0.29) is 25.5 Å². The lowest BCUT2D eigenvalue weighted by molar-refractivity contribution is -0.124. The number of hydrogen-bond acceptors (Lipinski definition) is 6. The Morgan fingerprint density at radius 1 is 1.04 bits per heavy atom. The first kappa shape index (κ1) is 19.5. The smallest absolute Gasteiger partial charge is 0.338 e. The maximum Gasteiger partial charge on any atom is 0.338 e. The zero-order chi connectivity index (χ0) is 20.1. The van der Waals surface area contributed by atoms with Crippen molar-refractivity contribution in [2.45, 2.75) is 32.9 Å². The van der Waals surface area contributed by atoms with Gasteiger partial charge in [-0.1, -0.05) is 6.07 Å². The Labute approximate surface area is 163 Å². The molecule has 1 amide bonds. The molecular weight excluding hydrogens is 362 g/mol. The van der Waals surface area contributed by atoms with Crippen LogP contribution in [0.5, 0.6) is 17.2 Å². The molecule has 28 heavy (non-hydrogen) atoms. The van der Waals surface area contributed by atoms with Crippen LogP contribution in [0.2, 0.25) is 0 Å². The molecule has 0 radical (unpaired) electrons. The van der Waals surface area contributed by atoms with Gasteiger partial charge in [0.25, 0.3) is 5.91 Å². The highest BCUT2D eigenvalue weighted by molar-refractivity contribution is 5.91. The minimum atomic E-state index is -0.568. The Balaban J connectivity index is 1.48. The van der Waals surface area contributed by atoms with Crippen LogP contribution >= 0.6 is 0 Å². The van der Waals surface area contributed by atoms with Crippen molar-refractivity contribution in [2.24, 2.45) is 0 Å². The van der Waals surface area contributed by atoms with Crippen molar-refractivity contribution in [2.75, 3.05) is 13.4 Å². The molecule has 1 N–H and O–H groups in total. The van der Waals surface area contributed by atoms with E-state index in [1.54, 1.807) is 30.3 Å². The number of amides is 1. The molecule has 7 heteroatoms. The molecule has 1 heterocycles. The van der Waals surface area contributed by atoms with Crippen LogP contribution in [-0.2, 0) is 9.53 Å². The second-order valence-electron chi connectivity index (χ2n) is 6.67. The van der Waals surface area contributed by atoms with Crippen molar-refractivity contribution in [3.63, 3.8) is 0 Å². The highest BCUT2D eigenvalue weighted by Crippen LogP contribution is 2.34. The fourth-order valence-corrected chi connectivity index (χ4v) is 2.71. The van der Waals surface area contributed by atoms with Gasteiger partial charge in [0.05, 0.1) is 17.7 Å². The molecule has 0 saturated carbocycles. The number of carbonyl (C=O) groups excluding carboxylic acids is 2. The second kappa shape index (κ2) is 8.65. The normalized spacial score (nSPS) is 13.1. The molecule has 2 aromatic rings. The maximum atomic E-state index is 12.1.